The molecule has 9 heavy (non-hydrogen) atoms. The van der Waals surface area contributed by atoms with Crippen molar-refractivity contribution in [2.24, 2.45) is 0 Å². The first-order valence-electron chi connectivity index (χ1n) is 3.58. The lowest BCUT2D eigenvalue weighted by Gasteiger charge is -2.10. The number of hydrogen-bond acceptors (Lipinski definition) is 2. The molecule has 0 saturated carbocycles. The van der Waals surface area contributed by atoms with Crippen LogP contribution in [0.5, 0.6) is 0 Å². The summed E-state index contributed by atoms with van der Waals surface area (Å²) in [5.74, 6) is 0. The fraction of sp³-hybridized carbons (Fsp3) is 1.00. The van der Waals surface area contributed by atoms with Crippen LogP contribution >= 0.6 is 0 Å². The predicted octanol–water partition coefficient (Wildman–Crippen LogP) is 1.07. The number of methoxy groups -OCH3 is 1. The fourth-order valence-electron chi connectivity index (χ4n) is 1.14. The van der Waals surface area contributed by atoms with Crippen molar-refractivity contribution in [2.45, 2.75) is 32.5 Å². The molecule has 0 aliphatic carbocycles. The third kappa shape index (κ3) is 1.43. The van der Waals surface area contributed by atoms with Crippen LogP contribution in [-0.4, -0.2) is 30.8 Å². The number of nitrogens with zero attached hydrogens (tertiary/aromatic N) is 1. The highest BCUT2D eigenvalue weighted by Crippen LogP contribution is 2.23. The van der Waals surface area contributed by atoms with E-state index in [2.05, 4.69) is 18.7 Å². The molecule has 1 heterocycles. The molecule has 0 bridgehead atoms. The highest BCUT2D eigenvalue weighted by Gasteiger charge is 2.35. The van der Waals surface area contributed by atoms with E-state index in [1.54, 1.807) is 7.11 Å². The van der Waals surface area contributed by atoms with Crippen LogP contribution in [0.2, 0.25) is 0 Å². The summed E-state index contributed by atoms with van der Waals surface area (Å²) in [6.07, 6.45) is 1.59. The normalized spacial score (nSPS) is 36.3. The number of ether oxygens (including phenoxy) is 1. The minimum Gasteiger partial charge on any atom is -0.367 e. The Morgan fingerprint density at radius 2 is 2.44 bits per heavy atom. The third-order valence-electron chi connectivity index (χ3n) is 2.04. The molecule has 54 valence electrons. The average molecular weight is 129 g/mol. The summed E-state index contributed by atoms with van der Waals surface area (Å²) in [5.41, 5.74) is 0. The van der Waals surface area contributed by atoms with E-state index in [9.17, 15) is 0 Å². The Kier molecular flexibility index (Phi) is 2.09. The van der Waals surface area contributed by atoms with Crippen LogP contribution < -0.4 is 0 Å². The molecule has 0 aromatic rings. The van der Waals surface area contributed by atoms with Gasteiger partial charge in [0.1, 0.15) is 6.23 Å². The van der Waals surface area contributed by atoms with Gasteiger partial charge in [0, 0.05) is 19.7 Å². The molecule has 0 aromatic carbocycles. The van der Waals surface area contributed by atoms with E-state index in [-0.39, 0.29) is 0 Å². The van der Waals surface area contributed by atoms with Crippen molar-refractivity contribution in [3.05, 3.63) is 0 Å². The lowest BCUT2D eigenvalue weighted by atomic mass is 10.4. The Morgan fingerprint density at radius 3 is 2.78 bits per heavy atom. The van der Waals surface area contributed by atoms with Gasteiger partial charge in [0.05, 0.1) is 0 Å². The second-order valence-corrected chi connectivity index (χ2v) is 2.59. The SMILES string of the molecule is CCC1CN1[C@@H](C)OC. The summed E-state index contributed by atoms with van der Waals surface area (Å²) in [6.45, 7) is 5.54. The van der Waals surface area contributed by atoms with Crippen molar-refractivity contribution in [3.8, 4) is 0 Å². The van der Waals surface area contributed by atoms with E-state index < -0.39 is 0 Å². The van der Waals surface area contributed by atoms with Crippen LogP contribution in [0, 0.1) is 0 Å². The number of rotatable bonds is 3. The van der Waals surface area contributed by atoms with Crippen LogP contribution in [0.1, 0.15) is 20.3 Å². The zero-order chi connectivity index (χ0) is 6.85. The van der Waals surface area contributed by atoms with Gasteiger partial charge in [-0.15, -0.1) is 0 Å². The Bertz CT molecular complexity index is 94.9. The van der Waals surface area contributed by atoms with Crippen LogP contribution in [0.25, 0.3) is 0 Å². The molecule has 1 fully saturated rings. The van der Waals surface area contributed by atoms with Gasteiger partial charge in [-0.25, -0.2) is 0 Å². The maximum absolute atomic E-state index is 5.13. The molecule has 0 spiro atoms. The summed E-state index contributed by atoms with van der Waals surface area (Å²) in [5, 5.41) is 0. The highest BCUT2D eigenvalue weighted by atomic mass is 16.5. The molecule has 0 aromatic heterocycles. The first-order valence-corrected chi connectivity index (χ1v) is 3.58. The second kappa shape index (κ2) is 2.67. The summed E-state index contributed by atoms with van der Waals surface area (Å²) in [7, 11) is 1.76. The lowest BCUT2D eigenvalue weighted by Crippen LogP contribution is -2.18. The molecule has 3 atom stereocenters. The van der Waals surface area contributed by atoms with Gasteiger partial charge < -0.3 is 4.74 Å². The van der Waals surface area contributed by atoms with Gasteiger partial charge in [-0.2, -0.15) is 0 Å². The molecule has 2 unspecified atom stereocenters. The molecule has 0 amide bonds. The summed E-state index contributed by atoms with van der Waals surface area (Å²) in [6, 6.07) is 0.806. The van der Waals surface area contributed by atoms with Gasteiger partial charge in [0.15, 0.2) is 0 Å². The highest BCUT2D eigenvalue weighted by molar-refractivity contribution is 4.88. The van der Waals surface area contributed by atoms with Gasteiger partial charge in [0.2, 0.25) is 0 Å². The summed E-state index contributed by atoms with van der Waals surface area (Å²) < 4.78 is 5.13. The van der Waals surface area contributed by atoms with Crippen LogP contribution in [0.4, 0.5) is 0 Å². The minimum absolute atomic E-state index is 0.329. The Labute approximate surface area is 56.8 Å². The maximum Gasteiger partial charge on any atom is 0.107 e. The van der Waals surface area contributed by atoms with Crippen LogP contribution in [0.15, 0.2) is 0 Å². The molecule has 1 aliphatic heterocycles. The molecule has 0 radical (unpaired) electrons. The maximum atomic E-state index is 5.13. The fourth-order valence-corrected chi connectivity index (χ4v) is 1.14. The van der Waals surface area contributed by atoms with Crippen molar-refractivity contribution in [2.75, 3.05) is 13.7 Å². The zero-order valence-electron chi connectivity index (χ0n) is 6.42. The Morgan fingerprint density at radius 1 is 1.78 bits per heavy atom. The van der Waals surface area contributed by atoms with Crippen LogP contribution in [-0.2, 0) is 4.74 Å². The van der Waals surface area contributed by atoms with Gasteiger partial charge in [-0.05, 0) is 13.3 Å². The quantitative estimate of drug-likeness (QED) is 0.528. The Hall–Kier alpha value is -0.0800. The molecular weight excluding hydrogens is 114 g/mol. The van der Waals surface area contributed by atoms with Gasteiger partial charge in [-0.3, -0.25) is 4.90 Å². The van der Waals surface area contributed by atoms with Gasteiger partial charge >= 0.3 is 0 Å². The average Bonchev–Trinajstić information content (AvgIpc) is 2.64. The van der Waals surface area contributed by atoms with Crippen molar-refractivity contribution in [3.63, 3.8) is 0 Å². The standard InChI is InChI=1S/C7H15NO/c1-4-7-5-8(7)6(2)9-3/h6-7H,4-5H2,1-3H3/t6-,7?,8?/m1/s1. The Balaban J connectivity index is 2.17. The minimum atomic E-state index is 0.329. The molecule has 0 N–H and O–H groups in total. The van der Waals surface area contributed by atoms with E-state index in [0.717, 1.165) is 6.04 Å². The van der Waals surface area contributed by atoms with E-state index in [4.69, 9.17) is 4.74 Å². The third-order valence-corrected chi connectivity index (χ3v) is 2.04. The zero-order valence-corrected chi connectivity index (χ0v) is 6.42. The summed E-state index contributed by atoms with van der Waals surface area (Å²) in [4.78, 5) is 2.35. The van der Waals surface area contributed by atoms with Crippen molar-refractivity contribution in [1.82, 2.24) is 4.90 Å². The van der Waals surface area contributed by atoms with Crippen LogP contribution in [0.3, 0.4) is 0 Å². The second-order valence-electron chi connectivity index (χ2n) is 2.59. The van der Waals surface area contributed by atoms with E-state index in [0.29, 0.717) is 6.23 Å². The molecule has 2 nitrogen and oxygen atoms in total. The molecular formula is C7H15NO. The first kappa shape index (κ1) is 7.03. The van der Waals surface area contributed by atoms with Gasteiger partial charge in [0.25, 0.3) is 0 Å². The van der Waals surface area contributed by atoms with E-state index in [1.165, 1.54) is 13.0 Å². The monoisotopic (exact) mass is 129 g/mol. The topological polar surface area (TPSA) is 12.2 Å². The molecule has 1 saturated heterocycles. The van der Waals surface area contributed by atoms with Gasteiger partial charge in [-0.1, -0.05) is 6.92 Å². The van der Waals surface area contributed by atoms with E-state index >= 15 is 0 Å². The largest absolute Gasteiger partial charge is 0.367 e. The van der Waals surface area contributed by atoms with E-state index in [1.807, 2.05) is 0 Å². The molecule has 1 rings (SSSR count). The molecule has 1 aliphatic rings. The van der Waals surface area contributed by atoms with Crippen molar-refractivity contribution in [1.29, 1.82) is 0 Å². The molecule has 2 heteroatoms. The predicted molar refractivity (Wildman–Crippen MR) is 37.3 cm³/mol. The lowest BCUT2D eigenvalue weighted by molar-refractivity contribution is 0.0369. The first-order chi connectivity index (χ1) is 4.29. The number of hydrogen-bond donors (Lipinski definition) is 0. The smallest absolute Gasteiger partial charge is 0.107 e. The summed E-state index contributed by atoms with van der Waals surface area (Å²) >= 11 is 0. The van der Waals surface area contributed by atoms with Crippen molar-refractivity contribution >= 4 is 0 Å². The van der Waals surface area contributed by atoms with Crippen molar-refractivity contribution < 1.29 is 4.74 Å².